The van der Waals surface area contributed by atoms with Gasteiger partial charge in [0.2, 0.25) is 5.91 Å². The van der Waals surface area contributed by atoms with E-state index in [1.807, 2.05) is 30.5 Å². The smallest absolute Gasteiger partial charge is 0.242 e. The number of halogens is 2. The number of likely N-dealkylation sites (tertiary alicyclic amines) is 1. The first-order valence-electron chi connectivity index (χ1n) is 9.16. The molecule has 1 saturated carbocycles. The number of carbonyl (C=O) groups is 1. The number of nitrogens with zero attached hydrogens (tertiary/aromatic N) is 2. The van der Waals surface area contributed by atoms with Gasteiger partial charge in [-0.1, -0.05) is 31.0 Å². The van der Waals surface area contributed by atoms with Crippen LogP contribution >= 0.6 is 24.8 Å². The van der Waals surface area contributed by atoms with E-state index in [-0.39, 0.29) is 36.6 Å². The van der Waals surface area contributed by atoms with Crippen molar-refractivity contribution in [2.75, 3.05) is 13.1 Å². The highest BCUT2D eigenvalue weighted by Gasteiger charge is 2.44. The first-order chi connectivity index (χ1) is 12.1. The third kappa shape index (κ3) is 4.21. The Labute approximate surface area is 172 Å². The molecule has 4 rings (SSSR count). The Morgan fingerprint density at radius 2 is 1.89 bits per heavy atom. The third-order valence-corrected chi connectivity index (χ3v) is 5.84. The van der Waals surface area contributed by atoms with Crippen LogP contribution in [-0.2, 0) is 11.2 Å². The SMILES string of the molecule is Cl.Cl.NC1(C(=O)N2C[C@@H](Cc3ccnc4ccccc34)[C@H](O)C2)CCCC1. The van der Waals surface area contributed by atoms with E-state index >= 15 is 0 Å². The molecule has 1 aromatic heterocycles. The Morgan fingerprint density at radius 3 is 2.63 bits per heavy atom. The number of carbonyl (C=O) groups excluding carboxylic acids is 1. The summed E-state index contributed by atoms with van der Waals surface area (Å²) in [4.78, 5) is 19.0. The number of β-amino-alcohol motifs (C(OH)–C–C–N with tert-alkyl or cyclic N) is 1. The lowest BCUT2D eigenvalue weighted by atomic mass is 9.94. The van der Waals surface area contributed by atoms with Crippen LogP contribution in [0.3, 0.4) is 0 Å². The molecule has 7 heteroatoms. The molecule has 27 heavy (non-hydrogen) atoms. The molecule has 2 fully saturated rings. The summed E-state index contributed by atoms with van der Waals surface area (Å²) in [6.07, 6.45) is 5.62. The Hall–Kier alpha value is -1.40. The van der Waals surface area contributed by atoms with Gasteiger partial charge in [0.15, 0.2) is 0 Å². The minimum atomic E-state index is -0.710. The highest BCUT2D eigenvalue weighted by molar-refractivity contribution is 5.87. The lowest BCUT2D eigenvalue weighted by Crippen LogP contribution is -2.53. The summed E-state index contributed by atoms with van der Waals surface area (Å²) in [6, 6.07) is 10.1. The molecule has 1 aliphatic carbocycles. The van der Waals surface area contributed by atoms with Crippen molar-refractivity contribution in [2.45, 2.75) is 43.7 Å². The number of aromatic nitrogens is 1. The summed E-state index contributed by atoms with van der Waals surface area (Å²) in [5.41, 5.74) is 7.75. The quantitative estimate of drug-likeness (QED) is 0.813. The molecule has 0 unspecified atom stereocenters. The maximum absolute atomic E-state index is 12.8. The van der Waals surface area contributed by atoms with E-state index in [0.29, 0.717) is 13.1 Å². The van der Waals surface area contributed by atoms with Gasteiger partial charge >= 0.3 is 0 Å². The van der Waals surface area contributed by atoms with Crippen LogP contribution in [0, 0.1) is 5.92 Å². The second-order valence-electron chi connectivity index (χ2n) is 7.59. The number of fused-ring (bicyclic) bond motifs is 1. The molecular formula is C20H27Cl2N3O2. The summed E-state index contributed by atoms with van der Waals surface area (Å²) in [5.74, 6) is 0.0610. The van der Waals surface area contributed by atoms with E-state index in [2.05, 4.69) is 11.1 Å². The Kier molecular flexibility index (Phi) is 7.09. The average molecular weight is 412 g/mol. The van der Waals surface area contributed by atoms with Gasteiger partial charge in [0.1, 0.15) is 0 Å². The van der Waals surface area contributed by atoms with E-state index in [1.165, 1.54) is 5.56 Å². The third-order valence-electron chi connectivity index (χ3n) is 5.84. The number of hydrogen-bond donors (Lipinski definition) is 2. The molecule has 3 N–H and O–H groups in total. The van der Waals surface area contributed by atoms with Crippen LogP contribution in [0.4, 0.5) is 0 Å². The molecule has 1 amide bonds. The molecule has 2 heterocycles. The second kappa shape index (κ2) is 8.74. The van der Waals surface area contributed by atoms with Crippen molar-refractivity contribution in [3.63, 3.8) is 0 Å². The van der Waals surface area contributed by atoms with Gasteiger partial charge in [-0.15, -0.1) is 24.8 Å². The van der Waals surface area contributed by atoms with Gasteiger partial charge in [0, 0.05) is 30.6 Å². The molecule has 0 radical (unpaired) electrons. The second-order valence-corrected chi connectivity index (χ2v) is 7.59. The monoisotopic (exact) mass is 411 g/mol. The van der Waals surface area contributed by atoms with Crippen molar-refractivity contribution in [1.82, 2.24) is 9.88 Å². The highest BCUT2D eigenvalue weighted by Crippen LogP contribution is 2.32. The fourth-order valence-electron chi connectivity index (χ4n) is 4.37. The fourth-order valence-corrected chi connectivity index (χ4v) is 4.37. The van der Waals surface area contributed by atoms with Crippen molar-refractivity contribution in [2.24, 2.45) is 11.7 Å². The number of para-hydroxylation sites is 1. The average Bonchev–Trinajstić information content (AvgIpc) is 3.22. The Bertz CT molecular complexity index is 790. The number of hydrogen-bond acceptors (Lipinski definition) is 4. The Morgan fingerprint density at radius 1 is 1.19 bits per heavy atom. The molecule has 2 aliphatic rings. The largest absolute Gasteiger partial charge is 0.391 e. The number of aliphatic hydroxyl groups is 1. The molecule has 148 valence electrons. The first kappa shape index (κ1) is 21.9. The standard InChI is InChI=1S/C20H25N3O2.2ClH/c21-20(8-3-4-9-20)19(25)23-12-15(18(24)13-23)11-14-7-10-22-17-6-2-1-5-16(14)17;;/h1-2,5-7,10,15,18,24H,3-4,8-9,11-13,21H2;2*1H/t15-,18-;;/m1../s1. The molecule has 2 aromatic rings. The normalized spacial score (nSPS) is 23.7. The number of aliphatic hydroxyl groups excluding tert-OH is 1. The zero-order valence-electron chi connectivity index (χ0n) is 15.2. The maximum Gasteiger partial charge on any atom is 0.242 e. The van der Waals surface area contributed by atoms with Gasteiger partial charge in [-0.2, -0.15) is 0 Å². The van der Waals surface area contributed by atoms with Crippen LogP contribution in [-0.4, -0.2) is 45.6 Å². The lowest BCUT2D eigenvalue weighted by Gasteiger charge is -2.28. The van der Waals surface area contributed by atoms with Gasteiger partial charge in [0.05, 0.1) is 17.2 Å². The van der Waals surface area contributed by atoms with Crippen LogP contribution in [0.2, 0.25) is 0 Å². The van der Waals surface area contributed by atoms with Crippen molar-refractivity contribution in [1.29, 1.82) is 0 Å². The molecule has 1 aromatic carbocycles. The van der Waals surface area contributed by atoms with Gasteiger partial charge in [0.25, 0.3) is 0 Å². The lowest BCUT2D eigenvalue weighted by molar-refractivity contribution is -0.136. The van der Waals surface area contributed by atoms with Crippen molar-refractivity contribution in [3.05, 3.63) is 42.1 Å². The van der Waals surface area contributed by atoms with E-state index < -0.39 is 11.6 Å². The van der Waals surface area contributed by atoms with Crippen molar-refractivity contribution >= 4 is 41.6 Å². The summed E-state index contributed by atoms with van der Waals surface area (Å²) in [7, 11) is 0. The molecule has 0 spiro atoms. The minimum Gasteiger partial charge on any atom is -0.391 e. The van der Waals surface area contributed by atoms with Crippen LogP contribution in [0.15, 0.2) is 36.5 Å². The van der Waals surface area contributed by atoms with Crippen LogP contribution < -0.4 is 5.73 Å². The predicted octanol–water partition coefficient (Wildman–Crippen LogP) is 2.71. The van der Waals surface area contributed by atoms with Crippen LogP contribution in [0.5, 0.6) is 0 Å². The molecule has 0 bridgehead atoms. The van der Waals surface area contributed by atoms with Gasteiger partial charge in [-0.3, -0.25) is 9.78 Å². The van der Waals surface area contributed by atoms with Gasteiger partial charge < -0.3 is 15.7 Å². The molecule has 1 aliphatic heterocycles. The maximum atomic E-state index is 12.8. The summed E-state index contributed by atoms with van der Waals surface area (Å²) >= 11 is 0. The van der Waals surface area contributed by atoms with Gasteiger partial charge in [-0.05, 0) is 37.0 Å². The molecule has 5 nitrogen and oxygen atoms in total. The van der Waals surface area contributed by atoms with E-state index in [4.69, 9.17) is 5.73 Å². The summed E-state index contributed by atoms with van der Waals surface area (Å²) in [5, 5.41) is 11.6. The number of benzene rings is 1. The number of rotatable bonds is 3. The first-order valence-corrected chi connectivity index (χ1v) is 9.16. The van der Waals surface area contributed by atoms with Crippen LogP contribution in [0.1, 0.15) is 31.2 Å². The van der Waals surface area contributed by atoms with Crippen LogP contribution in [0.25, 0.3) is 10.9 Å². The van der Waals surface area contributed by atoms with Crippen molar-refractivity contribution in [3.8, 4) is 0 Å². The number of nitrogens with two attached hydrogens (primary N) is 1. The van der Waals surface area contributed by atoms with E-state index in [0.717, 1.165) is 43.0 Å². The minimum absolute atomic E-state index is 0. The highest BCUT2D eigenvalue weighted by atomic mass is 35.5. The predicted molar refractivity (Wildman–Crippen MR) is 111 cm³/mol. The van der Waals surface area contributed by atoms with Crippen molar-refractivity contribution < 1.29 is 9.90 Å². The summed E-state index contributed by atoms with van der Waals surface area (Å²) in [6.45, 7) is 0.973. The van der Waals surface area contributed by atoms with E-state index in [9.17, 15) is 9.90 Å². The number of amides is 1. The topological polar surface area (TPSA) is 79.5 Å². The molecule has 2 atom stereocenters. The zero-order valence-corrected chi connectivity index (χ0v) is 16.8. The molecule has 1 saturated heterocycles. The molecular weight excluding hydrogens is 385 g/mol. The Balaban J connectivity index is 0.00000131. The fraction of sp³-hybridized carbons (Fsp3) is 0.500. The number of pyridine rings is 1. The van der Waals surface area contributed by atoms with Gasteiger partial charge in [-0.25, -0.2) is 0 Å². The zero-order chi connectivity index (χ0) is 17.4. The summed E-state index contributed by atoms with van der Waals surface area (Å²) < 4.78 is 0. The van der Waals surface area contributed by atoms with E-state index in [1.54, 1.807) is 4.90 Å².